The van der Waals surface area contributed by atoms with Crippen LogP contribution in [0.15, 0.2) is 48.5 Å². The molecule has 2 amide bonds. The van der Waals surface area contributed by atoms with Crippen LogP contribution in [0.2, 0.25) is 0 Å². The normalized spacial score (nSPS) is 9.86. The van der Waals surface area contributed by atoms with Crippen molar-refractivity contribution in [1.29, 1.82) is 0 Å². The van der Waals surface area contributed by atoms with Crippen LogP contribution >= 0.6 is 0 Å². The van der Waals surface area contributed by atoms with Crippen molar-refractivity contribution in [3.05, 3.63) is 54.1 Å². The molecule has 6 nitrogen and oxygen atoms in total. The summed E-state index contributed by atoms with van der Waals surface area (Å²) in [5.41, 5.74) is 0.771. The lowest BCUT2D eigenvalue weighted by Crippen LogP contribution is -2.15. The van der Waals surface area contributed by atoms with Crippen LogP contribution in [0, 0.1) is 0 Å². The summed E-state index contributed by atoms with van der Waals surface area (Å²) in [4.78, 5) is 23.6. The predicted octanol–water partition coefficient (Wildman–Crippen LogP) is 3.21. The number of para-hydroxylation sites is 2. The van der Waals surface area contributed by atoms with Crippen LogP contribution in [0.3, 0.4) is 0 Å². The zero-order chi connectivity index (χ0) is 15.9. The smallest absolute Gasteiger partial charge is 0.411 e. The number of benzene rings is 2. The first-order valence-corrected chi connectivity index (χ1v) is 6.74. The highest BCUT2D eigenvalue weighted by Crippen LogP contribution is 2.28. The van der Waals surface area contributed by atoms with Crippen LogP contribution < -0.4 is 10.6 Å². The lowest BCUT2D eigenvalue weighted by Gasteiger charge is -2.11. The van der Waals surface area contributed by atoms with Crippen LogP contribution in [-0.4, -0.2) is 23.7 Å². The number of carbonyl (C=O) groups excluding carboxylic acids is 2. The molecule has 0 aliphatic rings. The molecule has 0 radical (unpaired) electrons. The van der Waals surface area contributed by atoms with Crippen molar-refractivity contribution < 1.29 is 19.4 Å². The summed E-state index contributed by atoms with van der Waals surface area (Å²) < 4.78 is 4.74. The van der Waals surface area contributed by atoms with E-state index in [0.29, 0.717) is 5.69 Å². The summed E-state index contributed by atoms with van der Waals surface area (Å²) in [6.07, 6.45) is -0.696. The molecular formula is C16H16N2O4. The Labute approximate surface area is 127 Å². The third-order valence-corrected chi connectivity index (χ3v) is 2.82. The van der Waals surface area contributed by atoms with Gasteiger partial charge in [-0.15, -0.1) is 0 Å². The van der Waals surface area contributed by atoms with E-state index in [4.69, 9.17) is 4.74 Å². The van der Waals surface area contributed by atoms with E-state index in [2.05, 4.69) is 10.6 Å². The summed E-state index contributed by atoms with van der Waals surface area (Å²) >= 11 is 0. The van der Waals surface area contributed by atoms with Gasteiger partial charge in [-0.2, -0.15) is 0 Å². The number of ether oxygens (including phenoxy) is 1. The van der Waals surface area contributed by atoms with Gasteiger partial charge in [-0.25, -0.2) is 4.79 Å². The van der Waals surface area contributed by atoms with Crippen LogP contribution in [0.25, 0.3) is 0 Å². The van der Waals surface area contributed by atoms with Crippen LogP contribution in [0.1, 0.15) is 17.3 Å². The third-order valence-electron chi connectivity index (χ3n) is 2.82. The highest BCUT2D eigenvalue weighted by Gasteiger charge is 2.16. The summed E-state index contributed by atoms with van der Waals surface area (Å²) in [6, 6.07) is 13.4. The van der Waals surface area contributed by atoms with E-state index < -0.39 is 12.0 Å². The van der Waals surface area contributed by atoms with E-state index in [-0.39, 0.29) is 23.6 Å². The van der Waals surface area contributed by atoms with E-state index in [1.165, 1.54) is 12.1 Å². The first-order chi connectivity index (χ1) is 10.6. The number of phenols is 1. The Balaban J connectivity index is 2.17. The van der Waals surface area contributed by atoms with Gasteiger partial charge in [0.1, 0.15) is 0 Å². The monoisotopic (exact) mass is 300 g/mol. The third kappa shape index (κ3) is 3.76. The fraction of sp³-hybridized carbons (Fsp3) is 0.125. The standard InChI is InChI=1S/C16H16N2O4/c1-2-22-16(21)18-13-10-6-9-12(14(13)19)15(20)17-11-7-4-3-5-8-11/h3-10,19H,2H2,1H3,(H,17,20)(H,18,21). The first kappa shape index (κ1) is 15.4. The summed E-state index contributed by atoms with van der Waals surface area (Å²) in [5.74, 6) is -0.791. The van der Waals surface area contributed by atoms with Gasteiger partial charge in [0.2, 0.25) is 0 Å². The van der Waals surface area contributed by atoms with Crippen LogP contribution in [-0.2, 0) is 4.74 Å². The Kier molecular flexibility index (Phi) is 4.98. The second-order valence-electron chi connectivity index (χ2n) is 4.37. The molecule has 114 valence electrons. The van der Waals surface area contributed by atoms with Gasteiger partial charge in [-0.1, -0.05) is 24.3 Å². The van der Waals surface area contributed by atoms with Crippen molar-refractivity contribution in [1.82, 2.24) is 0 Å². The van der Waals surface area contributed by atoms with E-state index >= 15 is 0 Å². The number of carbonyl (C=O) groups is 2. The number of hydrogen-bond acceptors (Lipinski definition) is 4. The molecule has 2 aromatic rings. The minimum Gasteiger partial charge on any atom is -0.505 e. The van der Waals surface area contributed by atoms with Gasteiger partial charge in [-0.05, 0) is 31.2 Å². The van der Waals surface area contributed by atoms with E-state index in [0.717, 1.165) is 0 Å². The van der Waals surface area contributed by atoms with Crippen molar-refractivity contribution >= 4 is 23.4 Å². The van der Waals surface area contributed by atoms with Crippen molar-refractivity contribution in [2.75, 3.05) is 17.2 Å². The molecular weight excluding hydrogens is 284 g/mol. The number of phenolic OH excluding ortho intramolecular Hbond substituents is 1. The maximum absolute atomic E-state index is 12.2. The molecule has 0 atom stereocenters. The Bertz CT molecular complexity index is 671. The molecule has 22 heavy (non-hydrogen) atoms. The molecule has 0 bridgehead atoms. The molecule has 0 fully saturated rings. The van der Waals surface area contributed by atoms with Crippen molar-refractivity contribution in [3.63, 3.8) is 0 Å². The van der Waals surface area contributed by atoms with Crippen molar-refractivity contribution in [2.24, 2.45) is 0 Å². The second kappa shape index (κ2) is 7.12. The molecule has 2 rings (SSSR count). The number of aromatic hydroxyl groups is 1. The van der Waals surface area contributed by atoms with Crippen LogP contribution in [0.5, 0.6) is 5.75 Å². The van der Waals surface area contributed by atoms with Gasteiger partial charge in [0.15, 0.2) is 5.75 Å². The topological polar surface area (TPSA) is 87.7 Å². The molecule has 2 aromatic carbocycles. The lowest BCUT2D eigenvalue weighted by molar-refractivity contribution is 0.102. The Morgan fingerprint density at radius 1 is 1.05 bits per heavy atom. The maximum atomic E-state index is 12.2. The second-order valence-corrected chi connectivity index (χ2v) is 4.37. The first-order valence-electron chi connectivity index (χ1n) is 6.74. The molecule has 0 saturated heterocycles. The molecule has 0 aromatic heterocycles. The summed E-state index contributed by atoms with van der Waals surface area (Å²) in [5, 5.41) is 15.2. The number of nitrogens with one attached hydrogen (secondary N) is 2. The predicted molar refractivity (Wildman–Crippen MR) is 83.1 cm³/mol. The Hall–Kier alpha value is -3.02. The highest BCUT2D eigenvalue weighted by atomic mass is 16.5. The molecule has 0 unspecified atom stereocenters. The maximum Gasteiger partial charge on any atom is 0.411 e. The van der Waals surface area contributed by atoms with E-state index in [9.17, 15) is 14.7 Å². The number of hydrogen-bond donors (Lipinski definition) is 3. The molecule has 6 heteroatoms. The zero-order valence-corrected chi connectivity index (χ0v) is 12.0. The largest absolute Gasteiger partial charge is 0.505 e. The van der Waals surface area contributed by atoms with Crippen LogP contribution in [0.4, 0.5) is 16.2 Å². The van der Waals surface area contributed by atoms with Crippen molar-refractivity contribution in [2.45, 2.75) is 6.92 Å². The fourth-order valence-corrected chi connectivity index (χ4v) is 1.82. The van der Waals surface area contributed by atoms with E-state index in [1.807, 2.05) is 6.07 Å². The number of amides is 2. The van der Waals surface area contributed by atoms with Gasteiger partial charge in [0.25, 0.3) is 5.91 Å². The molecule has 0 aliphatic carbocycles. The van der Waals surface area contributed by atoms with Crippen molar-refractivity contribution in [3.8, 4) is 5.75 Å². The minimum absolute atomic E-state index is 0.0538. The van der Waals surface area contributed by atoms with Gasteiger partial charge in [-0.3, -0.25) is 10.1 Å². The van der Waals surface area contributed by atoms with Gasteiger partial charge < -0.3 is 15.2 Å². The average molecular weight is 300 g/mol. The van der Waals surface area contributed by atoms with Gasteiger partial charge in [0.05, 0.1) is 17.9 Å². The fourth-order valence-electron chi connectivity index (χ4n) is 1.82. The SMILES string of the molecule is CCOC(=O)Nc1cccc(C(=O)Nc2ccccc2)c1O. The van der Waals surface area contributed by atoms with E-state index in [1.54, 1.807) is 37.3 Å². The lowest BCUT2D eigenvalue weighted by atomic mass is 10.1. The minimum atomic E-state index is -0.696. The molecule has 0 aliphatic heterocycles. The number of anilines is 2. The number of rotatable bonds is 4. The Morgan fingerprint density at radius 2 is 1.77 bits per heavy atom. The molecule has 0 spiro atoms. The van der Waals surface area contributed by atoms with Gasteiger partial charge in [0, 0.05) is 5.69 Å². The quantitative estimate of drug-likeness (QED) is 0.757. The van der Waals surface area contributed by atoms with Gasteiger partial charge >= 0.3 is 6.09 Å². The average Bonchev–Trinajstić information content (AvgIpc) is 2.50. The molecule has 0 heterocycles. The zero-order valence-electron chi connectivity index (χ0n) is 12.0. The molecule has 0 saturated carbocycles. The highest BCUT2D eigenvalue weighted by molar-refractivity contribution is 6.07. The molecule has 3 N–H and O–H groups in total. The summed E-state index contributed by atoms with van der Waals surface area (Å²) in [6.45, 7) is 1.88. The summed E-state index contributed by atoms with van der Waals surface area (Å²) in [7, 11) is 0. The Morgan fingerprint density at radius 3 is 2.45 bits per heavy atom.